The van der Waals surface area contributed by atoms with Gasteiger partial charge in [0.2, 0.25) is 5.43 Å². The summed E-state index contributed by atoms with van der Waals surface area (Å²) in [6.45, 7) is 4.20. The van der Waals surface area contributed by atoms with Gasteiger partial charge in [0.1, 0.15) is 11.2 Å². The molecule has 124 valence electrons. The molecule has 0 amide bonds. The quantitative estimate of drug-likeness (QED) is 0.699. The average Bonchev–Trinajstić information content (AvgIpc) is 2.56. The summed E-state index contributed by atoms with van der Waals surface area (Å²) in [6, 6.07) is 8.43. The molecule has 1 heterocycles. The number of aryl methyl sites for hydroxylation is 2. The van der Waals surface area contributed by atoms with Gasteiger partial charge >= 0.3 is 5.97 Å². The summed E-state index contributed by atoms with van der Waals surface area (Å²) in [4.78, 5) is 24.1. The second-order valence-corrected chi connectivity index (χ2v) is 6.08. The average molecular weight is 324 g/mol. The summed E-state index contributed by atoms with van der Waals surface area (Å²) in [6.07, 6.45) is 3.71. The maximum absolute atomic E-state index is 12.9. The molecule has 0 fully saturated rings. The Labute approximate surface area is 139 Å². The van der Waals surface area contributed by atoms with Crippen LogP contribution in [0.3, 0.4) is 0 Å². The molecule has 0 bridgehead atoms. The number of aromatic carboxylic acids is 1. The van der Waals surface area contributed by atoms with Crippen molar-refractivity contribution in [1.82, 2.24) is 0 Å². The maximum Gasteiger partial charge on any atom is 0.335 e. The van der Waals surface area contributed by atoms with Crippen LogP contribution >= 0.6 is 0 Å². The van der Waals surface area contributed by atoms with Crippen LogP contribution in [-0.4, -0.2) is 11.1 Å². The van der Waals surface area contributed by atoms with Crippen molar-refractivity contribution in [3.05, 3.63) is 57.2 Å². The van der Waals surface area contributed by atoms with Crippen LogP contribution in [0.5, 0.6) is 0 Å². The smallest absolute Gasteiger partial charge is 0.335 e. The van der Waals surface area contributed by atoms with Gasteiger partial charge in [-0.25, -0.2) is 4.79 Å². The van der Waals surface area contributed by atoms with Gasteiger partial charge in [0.05, 0.1) is 16.3 Å². The van der Waals surface area contributed by atoms with Gasteiger partial charge in [-0.15, -0.1) is 0 Å². The van der Waals surface area contributed by atoms with Crippen LogP contribution in [0.4, 0.5) is 0 Å². The fourth-order valence-electron chi connectivity index (χ4n) is 3.12. The Morgan fingerprint density at radius 3 is 2.46 bits per heavy atom. The molecular weight excluding hydrogens is 304 g/mol. The first-order chi connectivity index (χ1) is 11.5. The zero-order valence-electron chi connectivity index (χ0n) is 13.9. The number of rotatable bonds is 5. The first-order valence-electron chi connectivity index (χ1n) is 8.30. The predicted molar refractivity (Wildman–Crippen MR) is 94.9 cm³/mol. The highest BCUT2D eigenvalue weighted by Gasteiger charge is 2.14. The maximum atomic E-state index is 12.9. The van der Waals surface area contributed by atoms with E-state index in [-0.39, 0.29) is 11.0 Å². The van der Waals surface area contributed by atoms with Crippen LogP contribution in [0.2, 0.25) is 0 Å². The van der Waals surface area contributed by atoms with E-state index in [0.29, 0.717) is 21.9 Å². The Morgan fingerprint density at radius 1 is 1.04 bits per heavy atom. The highest BCUT2D eigenvalue weighted by Crippen LogP contribution is 2.25. The lowest BCUT2D eigenvalue weighted by Crippen LogP contribution is -2.06. The van der Waals surface area contributed by atoms with Crippen molar-refractivity contribution in [2.24, 2.45) is 0 Å². The monoisotopic (exact) mass is 324 g/mol. The summed E-state index contributed by atoms with van der Waals surface area (Å²) in [5, 5.41) is 10.0. The largest absolute Gasteiger partial charge is 0.478 e. The minimum atomic E-state index is -1.05. The first kappa shape index (κ1) is 16.2. The van der Waals surface area contributed by atoms with Crippen molar-refractivity contribution >= 4 is 27.9 Å². The van der Waals surface area contributed by atoms with Gasteiger partial charge < -0.3 is 9.52 Å². The number of hydrogen-bond acceptors (Lipinski definition) is 3. The molecule has 3 aromatic rings. The van der Waals surface area contributed by atoms with E-state index in [0.717, 1.165) is 36.8 Å². The van der Waals surface area contributed by atoms with Crippen molar-refractivity contribution in [3.63, 3.8) is 0 Å². The number of benzene rings is 2. The number of hydrogen-bond donors (Lipinski definition) is 1. The fourth-order valence-corrected chi connectivity index (χ4v) is 3.12. The third-order valence-corrected chi connectivity index (χ3v) is 4.21. The van der Waals surface area contributed by atoms with E-state index in [2.05, 4.69) is 19.9 Å². The van der Waals surface area contributed by atoms with Crippen LogP contribution in [0, 0.1) is 0 Å². The van der Waals surface area contributed by atoms with Gasteiger partial charge in [-0.05, 0) is 48.2 Å². The highest BCUT2D eigenvalue weighted by atomic mass is 16.4. The summed E-state index contributed by atoms with van der Waals surface area (Å²) in [7, 11) is 0. The standard InChI is InChI=1S/C20H20O4/c1-3-5-12-9-13(6-4-2)19-16(10-12)18(21)15-11-14(20(22)23)7-8-17(15)24-19/h7-11H,3-6H2,1-2H3,(H,22,23). The molecule has 4 nitrogen and oxygen atoms in total. The van der Waals surface area contributed by atoms with Gasteiger partial charge in [-0.2, -0.15) is 0 Å². The van der Waals surface area contributed by atoms with Gasteiger partial charge in [0, 0.05) is 0 Å². The summed E-state index contributed by atoms with van der Waals surface area (Å²) in [5.41, 5.74) is 3.14. The molecule has 1 N–H and O–H groups in total. The lowest BCUT2D eigenvalue weighted by atomic mass is 9.99. The molecule has 1 aromatic heterocycles. The fraction of sp³-hybridized carbons (Fsp3) is 0.300. The van der Waals surface area contributed by atoms with E-state index in [4.69, 9.17) is 9.52 Å². The zero-order chi connectivity index (χ0) is 17.3. The Morgan fingerprint density at radius 2 is 1.79 bits per heavy atom. The van der Waals surface area contributed by atoms with Crippen molar-refractivity contribution in [1.29, 1.82) is 0 Å². The van der Waals surface area contributed by atoms with Crippen molar-refractivity contribution in [3.8, 4) is 0 Å². The molecule has 24 heavy (non-hydrogen) atoms. The van der Waals surface area contributed by atoms with Crippen molar-refractivity contribution in [2.45, 2.75) is 39.5 Å². The van der Waals surface area contributed by atoms with Crippen LogP contribution in [0.1, 0.15) is 48.2 Å². The topological polar surface area (TPSA) is 67.5 Å². The first-order valence-corrected chi connectivity index (χ1v) is 8.30. The van der Waals surface area contributed by atoms with E-state index in [1.165, 1.54) is 12.1 Å². The van der Waals surface area contributed by atoms with Crippen molar-refractivity contribution in [2.75, 3.05) is 0 Å². The molecule has 0 atom stereocenters. The van der Waals surface area contributed by atoms with E-state index in [1.807, 2.05) is 6.07 Å². The van der Waals surface area contributed by atoms with Crippen LogP contribution in [0.25, 0.3) is 21.9 Å². The summed E-state index contributed by atoms with van der Waals surface area (Å²) < 4.78 is 5.99. The second-order valence-electron chi connectivity index (χ2n) is 6.08. The summed E-state index contributed by atoms with van der Waals surface area (Å²) >= 11 is 0. The second kappa shape index (κ2) is 6.48. The molecule has 0 aliphatic heterocycles. The Kier molecular flexibility index (Phi) is 4.38. The molecule has 4 heteroatoms. The number of fused-ring (bicyclic) bond motifs is 2. The number of carbonyl (C=O) groups is 1. The van der Waals surface area contributed by atoms with Crippen LogP contribution in [0.15, 0.2) is 39.5 Å². The predicted octanol–water partition coefficient (Wildman–Crippen LogP) is 4.55. The molecular formula is C20H20O4. The minimum absolute atomic E-state index is 0.0904. The van der Waals surface area contributed by atoms with Gasteiger partial charge in [-0.1, -0.05) is 32.8 Å². The summed E-state index contributed by atoms with van der Waals surface area (Å²) in [5.74, 6) is -1.05. The van der Waals surface area contributed by atoms with E-state index in [9.17, 15) is 9.59 Å². The Balaban J connectivity index is 2.38. The molecule has 0 saturated heterocycles. The molecule has 0 radical (unpaired) electrons. The lowest BCUT2D eigenvalue weighted by Gasteiger charge is -2.10. The molecule has 0 aliphatic carbocycles. The van der Waals surface area contributed by atoms with Crippen molar-refractivity contribution < 1.29 is 14.3 Å². The van der Waals surface area contributed by atoms with Gasteiger partial charge in [0.25, 0.3) is 0 Å². The zero-order valence-corrected chi connectivity index (χ0v) is 13.9. The molecule has 0 saturated carbocycles. The Bertz CT molecular complexity index is 982. The number of carboxylic acid groups (broad SMARTS) is 1. The minimum Gasteiger partial charge on any atom is -0.478 e. The van der Waals surface area contributed by atoms with E-state index < -0.39 is 5.97 Å². The highest BCUT2D eigenvalue weighted by molar-refractivity contribution is 5.96. The molecule has 0 unspecified atom stereocenters. The molecule has 2 aromatic carbocycles. The molecule has 0 spiro atoms. The molecule has 0 aliphatic rings. The van der Waals surface area contributed by atoms with Crippen LogP contribution < -0.4 is 5.43 Å². The molecule has 3 rings (SSSR count). The van der Waals surface area contributed by atoms with Gasteiger partial charge in [-0.3, -0.25) is 4.79 Å². The normalized spacial score (nSPS) is 11.2. The van der Waals surface area contributed by atoms with E-state index >= 15 is 0 Å². The lowest BCUT2D eigenvalue weighted by molar-refractivity contribution is 0.0697. The SMILES string of the molecule is CCCc1cc(CCC)c2oc3ccc(C(=O)O)cc3c(=O)c2c1. The van der Waals surface area contributed by atoms with E-state index in [1.54, 1.807) is 6.07 Å². The third-order valence-electron chi connectivity index (χ3n) is 4.21. The van der Waals surface area contributed by atoms with Gasteiger partial charge in [0.15, 0.2) is 0 Å². The van der Waals surface area contributed by atoms with Crippen LogP contribution in [-0.2, 0) is 12.8 Å². The number of carboxylic acids is 1. The Hall–Kier alpha value is -2.62. The third kappa shape index (κ3) is 2.80.